The Morgan fingerprint density at radius 3 is 2.60 bits per heavy atom. The van der Waals surface area contributed by atoms with Crippen LogP contribution in [0.25, 0.3) is 0 Å². The fourth-order valence-electron chi connectivity index (χ4n) is 6.64. The number of carboxylic acids is 2. The second-order valence-electron chi connectivity index (χ2n) is 11.6. The van der Waals surface area contributed by atoms with Crippen LogP contribution in [0.4, 0.5) is 0 Å². The van der Waals surface area contributed by atoms with Gasteiger partial charge in [0.05, 0.1) is 4.75 Å². The van der Waals surface area contributed by atoms with Gasteiger partial charge in [-0.3, -0.25) is 24.5 Å². The fraction of sp³-hybridized carbons (Fsp3) is 0.679. The number of aliphatic carboxylic acids is 2. The van der Waals surface area contributed by atoms with Crippen molar-refractivity contribution in [2.24, 2.45) is 23.7 Å². The summed E-state index contributed by atoms with van der Waals surface area (Å²) in [5.41, 5.74) is 1.01. The van der Waals surface area contributed by atoms with E-state index < -0.39 is 52.7 Å². The van der Waals surface area contributed by atoms with Gasteiger partial charge in [0, 0.05) is 18.8 Å². The average molecular weight is 609 g/mol. The minimum absolute atomic E-state index is 0.0208. The molecule has 14 heteroatoms. The molecule has 0 spiro atoms. The Hall–Kier alpha value is -2.94. The Morgan fingerprint density at radius 2 is 1.90 bits per heavy atom. The molecule has 8 atom stereocenters. The monoisotopic (exact) mass is 608 g/mol. The molecule has 4 aliphatic rings. The number of carbonyl (C=O) groups is 5. The number of ether oxygens (including phenoxy) is 1. The highest BCUT2D eigenvalue weighted by Crippen LogP contribution is 2.61. The van der Waals surface area contributed by atoms with Gasteiger partial charge in [-0.15, -0.1) is 11.8 Å². The van der Waals surface area contributed by atoms with Crippen LogP contribution in [0.5, 0.6) is 0 Å². The van der Waals surface area contributed by atoms with Crippen LogP contribution in [0.2, 0.25) is 0 Å². The molecule has 1 fully saturated rings. The van der Waals surface area contributed by atoms with Crippen LogP contribution in [-0.2, 0) is 28.7 Å². The van der Waals surface area contributed by atoms with Crippen LogP contribution in [0.3, 0.4) is 0 Å². The van der Waals surface area contributed by atoms with E-state index in [0.717, 1.165) is 37.7 Å². The van der Waals surface area contributed by atoms with Crippen molar-refractivity contribution >= 4 is 41.5 Å². The molecule has 0 aromatic heterocycles. The van der Waals surface area contributed by atoms with Crippen LogP contribution in [0.1, 0.15) is 51.9 Å². The predicted molar refractivity (Wildman–Crippen MR) is 152 cm³/mol. The first-order chi connectivity index (χ1) is 20.0. The number of fused-ring (bicyclic) bond motifs is 2. The first-order valence-electron chi connectivity index (χ1n) is 14.3. The number of amides is 2. The number of aliphatic hydroxyl groups is 1. The Bertz CT molecular complexity index is 1160. The molecule has 1 heterocycles. The van der Waals surface area contributed by atoms with Crippen molar-refractivity contribution in [3.8, 4) is 0 Å². The molecule has 0 aromatic rings. The molecule has 1 aliphatic heterocycles. The summed E-state index contributed by atoms with van der Waals surface area (Å²) in [6.45, 7) is 2.36. The third kappa shape index (κ3) is 6.82. The number of esters is 1. The molecule has 2 amide bonds. The number of thioether (sulfide) groups is 1. The van der Waals surface area contributed by atoms with Gasteiger partial charge < -0.3 is 36.0 Å². The van der Waals surface area contributed by atoms with Gasteiger partial charge in [-0.05, 0) is 62.5 Å². The summed E-state index contributed by atoms with van der Waals surface area (Å²) in [6, 6.07) is -2.24. The van der Waals surface area contributed by atoms with Crippen molar-refractivity contribution in [3.63, 3.8) is 0 Å². The number of nitrogens with one attached hydrogen (secondary N) is 4. The van der Waals surface area contributed by atoms with E-state index in [1.807, 2.05) is 17.5 Å². The summed E-state index contributed by atoms with van der Waals surface area (Å²) < 4.78 is 5.39. The summed E-state index contributed by atoms with van der Waals surface area (Å²) in [4.78, 5) is 61.7. The van der Waals surface area contributed by atoms with E-state index in [1.165, 1.54) is 11.8 Å². The maximum atomic E-state index is 13.1. The van der Waals surface area contributed by atoms with Crippen molar-refractivity contribution in [1.29, 1.82) is 0 Å². The van der Waals surface area contributed by atoms with Gasteiger partial charge in [0.2, 0.25) is 18.0 Å². The second kappa shape index (κ2) is 13.6. The number of aliphatic hydroxyl groups excluding tert-OH is 1. The maximum Gasteiger partial charge on any atom is 0.353 e. The molecule has 0 bridgehead atoms. The molecule has 13 nitrogen and oxygen atoms in total. The second-order valence-corrected chi connectivity index (χ2v) is 12.9. The number of rotatable bonds is 14. The van der Waals surface area contributed by atoms with E-state index in [-0.39, 0.29) is 43.1 Å². The van der Waals surface area contributed by atoms with E-state index in [4.69, 9.17) is 9.84 Å². The summed E-state index contributed by atoms with van der Waals surface area (Å²) in [5.74, 6) is -3.55. The lowest BCUT2D eigenvalue weighted by atomic mass is 9.62. The number of hydrogen-bond acceptors (Lipinski definition) is 10. The first kappa shape index (κ1) is 32.0. The molecule has 232 valence electrons. The Kier molecular flexibility index (Phi) is 10.3. The summed E-state index contributed by atoms with van der Waals surface area (Å²) in [7, 11) is 1.64. The lowest BCUT2D eigenvalue weighted by Crippen LogP contribution is -2.54. The Morgan fingerprint density at radius 1 is 1.14 bits per heavy atom. The van der Waals surface area contributed by atoms with Crippen LogP contribution < -0.4 is 21.3 Å². The zero-order valence-corrected chi connectivity index (χ0v) is 24.6. The molecule has 0 unspecified atom stereocenters. The van der Waals surface area contributed by atoms with Crippen molar-refractivity contribution < 1.29 is 44.0 Å². The molecule has 4 rings (SSSR count). The zero-order valence-electron chi connectivity index (χ0n) is 23.8. The minimum atomic E-state index is -2.17. The van der Waals surface area contributed by atoms with Gasteiger partial charge in [-0.1, -0.05) is 25.5 Å². The number of carbonyl (C=O) groups excluding carboxylic acids is 3. The van der Waals surface area contributed by atoms with Crippen LogP contribution >= 0.6 is 11.8 Å². The lowest BCUT2D eigenvalue weighted by Gasteiger charge is -2.51. The first-order valence-corrected chi connectivity index (χ1v) is 15.3. The van der Waals surface area contributed by atoms with Gasteiger partial charge in [-0.25, -0.2) is 4.79 Å². The van der Waals surface area contributed by atoms with Crippen molar-refractivity contribution in [3.05, 3.63) is 23.5 Å². The van der Waals surface area contributed by atoms with Gasteiger partial charge in [-0.2, -0.15) is 0 Å². The van der Waals surface area contributed by atoms with Gasteiger partial charge >= 0.3 is 17.9 Å². The van der Waals surface area contributed by atoms with E-state index in [1.54, 1.807) is 7.05 Å². The summed E-state index contributed by atoms with van der Waals surface area (Å²) in [5, 5.41) is 38.5. The number of hydrogen-bond donors (Lipinski definition) is 7. The van der Waals surface area contributed by atoms with E-state index in [2.05, 4.69) is 22.9 Å². The van der Waals surface area contributed by atoms with Crippen LogP contribution in [0, 0.1) is 23.7 Å². The molecule has 42 heavy (non-hydrogen) atoms. The van der Waals surface area contributed by atoms with E-state index in [9.17, 15) is 34.2 Å². The summed E-state index contributed by atoms with van der Waals surface area (Å²) in [6.07, 6.45) is 5.89. The fourth-order valence-corrected chi connectivity index (χ4v) is 8.48. The highest BCUT2D eigenvalue weighted by molar-refractivity contribution is 8.01. The number of allylic oxidation sites excluding steroid dienone is 1. The smallest absolute Gasteiger partial charge is 0.353 e. The van der Waals surface area contributed by atoms with Crippen molar-refractivity contribution in [1.82, 2.24) is 21.3 Å². The van der Waals surface area contributed by atoms with Gasteiger partial charge in [0.15, 0.2) is 0 Å². The quantitative estimate of drug-likeness (QED) is 0.0809. The van der Waals surface area contributed by atoms with Crippen LogP contribution in [-0.4, -0.2) is 87.6 Å². The SMILES string of the molecule is CNCN[C@@H](CCC(=O)N[C@@H](CS[C@@]12C[C@H](C)CC[C@H]1C[C@H]1CC=C[C@H]3C(=O)OC2=C13)C(=O)N[C@@H](O)C(=O)O)C(=O)O. The highest BCUT2D eigenvalue weighted by atomic mass is 32.2. The normalized spacial score (nSPS) is 29.9. The zero-order chi connectivity index (χ0) is 30.6. The Balaban J connectivity index is 1.55. The lowest BCUT2D eigenvalue weighted by molar-refractivity contribution is -0.151. The highest BCUT2D eigenvalue weighted by Gasteiger charge is 2.58. The minimum Gasteiger partial charge on any atom is -0.480 e. The molecule has 0 saturated heterocycles. The number of carboxylic acid groups (broad SMARTS) is 2. The summed E-state index contributed by atoms with van der Waals surface area (Å²) >= 11 is 1.43. The molecule has 0 aromatic carbocycles. The molecular weight excluding hydrogens is 568 g/mol. The molecule has 0 radical (unpaired) electrons. The third-order valence-corrected chi connectivity index (χ3v) is 10.4. The Labute approximate surface area is 248 Å². The van der Waals surface area contributed by atoms with E-state index in [0.29, 0.717) is 11.7 Å². The van der Waals surface area contributed by atoms with Crippen molar-refractivity contribution in [2.75, 3.05) is 19.5 Å². The predicted octanol–water partition coefficient (Wildman–Crippen LogP) is 0.305. The van der Waals surface area contributed by atoms with Crippen LogP contribution in [0.15, 0.2) is 23.5 Å². The third-order valence-electron chi connectivity index (χ3n) is 8.67. The maximum absolute atomic E-state index is 13.1. The largest absolute Gasteiger partial charge is 0.480 e. The standard InChI is InChI=1S/C28H40N4O9S/c1-14-6-7-16-10-15-4-3-5-17-21(15)22(41-27(17)40)28(16,11-14)42-12-19(23(34)32-24(35)26(38)39)31-20(33)9-8-18(25(36)37)30-13-29-2/h3,5,14-19,24,29-30,35H,4,6-13H2,1-2H3,(H,31,33)(H,32,34)(H,36,37)(H,38,39)/t14-,15-,16+,17-,18+,19+,24+,28+/m1/s1. The molecule has 3 aliphatic carbocycles. The molecular formula is C28H40N4O9S. The topological polar surface area (TPSA) is 203 Å². The van der Waals surface area contributed by atoms with Gasteiger partial charge in [0.1, 0.15) is 23.8 Å². The molecule has 1 saturated carbocycles. The average Bonchev–Trinajstić information content (AvgIpc) is 3.29. The van der Waals surface area contributed by atoms with Gasteiger partial charge in [0.25, 0.3) is 0 Å². The van der Waals surface area contributed by atoms with E-state index >= 15 is 0 Å². The molecule has 7 N–H and O–H groups in total. The van der Waals surface area contributed by atoms with Crippen molar-refractivity contribution in [2.45, 2.75) is 74.9 Å².